The van der Waals surface area contributed by atoms with Gasteiger partial charge in [0.2, 0.25) is 17.8 Å². The normalized spacial score (nSPS) is 20.5. The van der Waals surface area contributed by atoms with Gasteiger partial charge in [0, 0.05) is 32.8 Å². The van der Waals surface area contributed by atoms with Crippen molar-refractivity contribution in [3.05, 3.63) is 0 Å². The molecule has 21 heavy (non-hydrogen) atoms. The number of hydrogen-bond donors (Lipinski definition) is 2. The summed E-state index contributed by atoms with van der Waals surface area (Å²) >= 11 is 0. The average Bonchev–Trinajstić information content (AvgIpc) is 2.54. The second-order valence-electron chi connectivity index (χ2n) is 5.35. The predicted molar refractivity (Wildman–Crippen MR) is 79.3 cm³/mol. The molecule has 0 aromatic carbocycles. The van der Waals surface area contributed by atoms with E-state index in [0.29, 0.717) is 31.0 Å². The van der Waals surface area contributed by atoms with Crippen LogP contribution in [0, 0.1) is 5.92 Å². The molecule has 3 N–H and O–H groups in total. The highest BCUT2D eigenvalue weighted by molar-refractivity contribution is 5.42. The third kappa shape index (κ3) is 3.92. The molecule has 0 amide bonds. The number of rotatable bonds is 4. The Balaban J connectivity index is 1.62. The molecule has 1 aromatic rings. The number of nitrogens with two attached hydrogens (primary N) is 1. The van der Waals surface area contributed by atoms with Gasteiger partial charge in [-0.25, -0.2) is 0 Å². The fourth-order valence-electron chi connectivity index (χ4n) is 2.55. The molecule has 8 heteroatoms. The molecule has 2 aliphatic heterocycles. The van der Waals surface area contributed by atoms with Crippen molar-refractivity contribution >= 4 is 17.8 Å². The van der Waals surface area contributed by atoms with Crippen molar-refractivity contribution in [1.29, 1.82) is 0 Å². The van der Waals surface area contributed by atoms with Crippen LogP contribution in [0.3, 0.4) is 0 Å². The van der Waals surface area contributed by atoms with Gasteiger partial charge in [-0.05, 0) is 18.8 Å². The SMILES string of the molecule is Nc1nc(NCC2CCOCC2)nc(N2CCOCC2)n1. The Morgan fingerprint density at radius 3 is 2.52 bits per heavy atom. The van der Waals surface area contributed by atoms with E-state index in [4.69, 9.17) is 15.2 Å². The quantitative estimate of drug-likeness (QED) is 0.808. The zero-order valence-corrected chi connectivity index (χ0v) is 12.1. The summed E-state index contributed by atoms with van der Waals surface area (Å²) < 4.78 is 10.7. The minimum Gasteiger partial charge on any atom is -0.381 e. The topological polar surface area (TPSA) is 98.4 Å². The molecule has 0 aliphatic carbocycles. The van der Waals surface area contributed by atoms with Crippen LogP contribution in [-0.2, 0) is 9.47 Å². The van der Waals surface area contributed by atoms with Crippen molar-refractivity contribution in [2.45, 2.75) is 12.8 Å². The Morgan fingerprint density at radius 2 is 1.76 bits per heavy atom. The fraction of sp³-hybridized carbons (Fsp3) is 0.769. The van der Waals surface area contributed by atoms with Gasteiger partial charge in [-0.2, -0.15) is 15.0 Å². The molecule has 2 saturated heterocycles. The van der Waals surface area contributed by atoms with E-state index in [2.05, 4.69) is 25.2 Å². The number of aromatic nitrogens is 3. The molecule has 0 spiro atoms. The van der Waals surface area contributed by atoms with Crippen LogP contribution >= 0.6 is 0 Å². The number of hydrogen-bond acceptors (Lipinski definition) is 8. The molecular formula is C13H22N6O2. The second-order valence-corrected chi connectivity index (χ2v) is 5.35. The Bertz CT molecular complexity index is 460. The highest BCUT2D eigenvalue weighted by atomic mass is 16.5. The molecule has 3 heterocycles. The van der Waals surface area contributed by atoms with Gasteiger partial charge in [0.05, 0.1) is 13.2 Å². The maximum absolute atomic E-state index is 5.79. The van der Waals surface area contributed by atoms with Gasteiger partial charge in [-0.15, -0.1) is 0 Å². The Kier molecular flexibility index (Phi) is 4.66. The van der Waals surface area contributed by atoms with Gasteiger partial charge >= 0.3 is 0 Å². The van der Waals surface area contributed by atoms with Crippen LogP contribution in [-0.4, -0.2) is 61.0 Å². The van der Waals surface area contributed by atoms with Crippen LogP contribution < -0.4 is 16.0 Å². The summed E-state index contributed by atoms with van der Waals surface area (Å²) in [5.74, 6) is 2.03. The number of ether oxygens (including phenoxy) is 2. The lowest BCUT2D eigenvalue weighted by Crippen LogP contribution is -2.37. The first kappa shape index (κ1) is 14.3. The van der Waals surface area contributed by atoms with E-state index in [1.165, 1.54) is 0 Å². The summed E-state index contributed by atoms with van der Waals surface area (Å²) in [5, 5.41) is 3.28. The van der Waals surface area contributed by atoms with Crippen molar-refractivity contribution in [3.63, 3.8) is 0 Å². The van der Waals surface area contributed by atoms with Crippen LogP contribution in [0.1, 0.15) is 12.8 Å². The van der Waals surface area contributed by atoms with Crippen LogP contribution in [0.5, 0.6) is 0 Å². The van der Waals surface area contributed by atoms with Gasteiger partial charge in [0.25, 0.3) is 0 Å². The lowest BCUT2D eigenvalue weighted by molar-refractivity contribution is 0.0699. The lowest BCUT2D eigenvalue weighted by Gasteiger charge is -2.27. The van der Waals surface area contributed by atoms with Crippen LogP contribution in [0.25, 0.3) is 0 Å². The monoisotopic (exact) mass is 294 g/mol. The molecule has 3 rings (SSSR count). The van der Waals surface area contributed by atoms with Crippen molar-refractivity contribution in [1.82, 2.24) is 15.0 Å². The first-order chi connectivity index (χ1) is 10.3. The van der Waals surface area contributed by atoms with E-state index in [0.717, 1.165) is 45.7 Å². The number of nitrogen functional groups attached to an aromatic ring is 1. The van der Waals surface area contributed by atoms with Crippen molar-refractivity contribution in [2.75, 3.05) is 62.0 Å². The van der Waals surface area contributed by atoms with Crippen LogP contribution in [0.4, 0.5) is 17.8 Å². The van der Waals surface area contributed by atoms with Crippen LogP contribution in [0.2, 0.25) is 0 Å². The van der Waals surface area contributed by atoms with Gasteiger partial charge in [-0.3, -0.25) is 0 Å². The van der Waals surface area contributed by atoms with Crippen molar-refractivity contribution in [2.24, 2.45) is 5.92 Å². The highest BCUT2D eigenvalue weighted by Gasteiger charge is 2.17. The first-order valence-electron chi connectivity index (χ1n) is 7.47. The molecular weight excluding hydrogens is 272 g/mol. The summed E-state index contributed by atoms with van der Waals surface area (Å²) in [7, 11) is 0. The molecule has 1 aromatic heterocycles. The third-order valence-corrected chi connectivity index (χ3v) is 3.82. The average molecular weight is 294 g/mol. The summed E-state index contributed by atoms with van der Waals surface area (Å²) in [6, 6.07) is 0. The minimum atomic E-state index is 0.251. The number of nitrogens with one attached hydrogen (secondary N) is 1. The standard InChI is InChI=1S/C13H22N6O2/c14-11-16-12(15-9-10-1-5-20-6-2-10)18-13(17-11)19-3-7-21-8-4-19/h10H,1-9H2,(H3,14,15,16,17,18). The molecule has 0 radical (unpaired) electrons. The molecule has 0 bridgehead atoms. The summed E-state index contributed by atoms with van der Waals surface area (Å²) in [5.41, 5.74) is 5.79. The summed E-state index contributed by atoms with van der Waals surface area (Å²) in [4.78, 5) is 14.9. The third-order valence-electron chi connectivity index (χ3n) is 3.82. The maximum Gasteiger partial charge on any atom is 0.232 e. The van der Waals surface area contributed by atoms with Crippen molar-refractivity contribution in [3.8, 4) is 0 Å². The molecule has 0 atom stereocenters. The first-order valence-corrected chi connectivity index (χ1v) is 7.47. The predicted octanol–water partition coefficient (Wildman–Crippen LogP) is 0.129. The smallest absolute Gasteiger partial charge is 0.232 e. The van der Waals surface area contributed by atoms with Crippen molar-refractivity contribution < 1.29 is 9.47 Å². The molecule has 116 valence electrons. The summed E-state index contributed by atoms with van der Waals surface area (Å²) in [6.45, 7) is 5.46. The molecule has 0 saturated carbocycles. The van der Waals surface area contributed by atoms with E-state index in [1.807, 2.05) is 0 Å². The van der Waals surface area contributed by atoms with Gasteiger partial charge in [0.1, 0.15) is 0 Å². The fourth-order valence-corrected chi connectivity index (χ4v) is 2.55. The number of morpholine rings is 1. The number of anilines is 3. The van der Waals surface area contributed by atoms with Gasteiger partial charge < -0.3 is 25.4 Å². The molecule has 2 fully saturated rings. The zero-order chi connectivity index (χ0) is 14.5. The van der Waals surface area contributed by atoms with E-state index >= 15 is 0 Å². The Hall–Kier alpha value is -1.67. The zero-order valence-electron chi connectivity index (χ0n) is 12.1. The van der Waals surface area contributed by atoms with E-state index in [9.17, 15) is 0 Å². The van der Waals surface area contributed by atoms with E-state index in [-0.39, 0.29) is 5.95 Å². The highest BCUT2D eigenvalue weighted by Crippen LogP contribution is 2.17. The second kappa shape index (κ2) is 6.86. The Morgan fingerprint density at radius 1 is 1.05 bits per heavy atom. The van der Waals surface area contributed by atoms with E-state index in [1.54, 1.807) is 0 Å². The van der Waals surface area contributed by atoms with Crippen LogP contribution in [0.15, 0.2) is 0 Å². The van der Waals surface area contributed by atoms with E-state index < -0.39 is 0 Å². The van der Waals surface area contributed by atoms with Gasteiger partial charge in [-0.1, -0.05) is 0 Å². The minimum absolute atomic E-state index is 0.251. The molecule has 2 aliphatic rings. The van der Waals surface area contributed by atoms with Gasteiger partial charge in [0.15, 0.2) is 0 Å². The largest absolute Gasteiger partial charge is 0.381 e. The molecule has 0 unspecified atom stereocenters. The summed E-state index contributed by atoms with van der Waals surface area (Å²) in [6.07, 6.45) is 2.15. The maximum atomic E-state index is 5.79. The number of nitrogens with zero attached hydrogens (tertiary/aromatic N) is 4. The Labute approximate surface area is 124 Å². The lowest BCUT2D eigenvalue weighted by atomic mass is 10.0. The molecule has 8 nitrogen and oxygen atoms in total.